The lowest BCUT2D eigenvalue weighted by Crippen LogP contribution is -2.28. The molecule has 0 aromatic heterocycles. The number of hydrogen-bond acceptors (Lipinski definition) is 2. The Morgan fingerprint density at radius 3 is 3.00 bits per heavy atom. The van der Waals surface area contributed by atoms with Crippen molar-refractivity contribution in [1.29, 1.82) is 0 Å². The Labute approximate surface area is 72.8 Å². The summed E-state index contributed by atoms with van der Waals surface area (Å²) in [7, 11) is 0. The van der Waals surface area contributed by atoms with Crippen LogP contribution in [0.3, 0.4) is 0 Å². The predicted octanol–water partition coefficient (Wildman–Crippen LogP) is 1.56. The van der Waals surface area contributed by atoms with Crippen LogP contribution in [0.2, 0.25) is 0 Å². The van der Waals surface area contributed by atoms with Crippen LogP contribution in [0.1, 0.15) is 25.7 Å². The summed E-state index contributed by atoms with van der Waals surface area (Å²) in [5.41, 5.74) is 0. The molecule has 12 heavy (non-hydrogen) atoms. The van der Waals surface area contributed by atoms with E-state index in [1.165, 1.54) is 6.20 Å². The van der Waals surface area contributed by atoms with Crippen LogP contribution in [0.4, 0.5) is 0 Å². The fourth-order valence-electron chi connectivity index (χ4n) is 1.25. The molecule has 3 nitrogen and oxygen atoms in total. The van der Waals surface area contributed by atoms with E-state index in [4.69, 9.17) is 0 Å². The van der Waals surface area contributed by atoms with E-state index >= 15 is 0 Å². The second-order valence-corrected chi connectivity index (χ2v) is 2.84. The zero-order valence-corrected chi connectivity index (χ0v) is 7.20. The Morgan fingerprint density at radius 2 is 2.25 bits per heavy atom. The largest absolute Gasteiger partial charge is 0.303 e. The summed E-state index contributed by atoms with van der Waals surface area (Å²) in [6, 6.07) is 0. The lowest BCUT2D eigenvalue weighted by Gasteiger charge is -2.12. The molecular formula is C9H14N2O. The van der Waals surface area contributed by atoms with Crippen LogP contribution < -0.4 is 0 Å². The molecule has 1 aliphatic rings. The van der Waals surface area contributed by atoms with Crippen LogP contribution in [-0.2, 0) is 4.79 Å². The van der Waals surface area contributed by atoms with Gasteiger partial charge in [0.25, 0.3) is 0 Å². The average molecular weight is 166 g/mol. The van der Waals surface area contributed by atoms with Gasteiger partial charge in [0.2, 0.25) is 5.91 Å². The van der Waals surface area contributed by atoms with E-state index < -0.39 is 0 Å². The molecule has 1 saturated heterocycles. The highest BCUT2D eigenvalue weighted by atomic mass is 16.2. The number of nitrogens with zero attached hydrogens (tertiary/aromatic N) is 2. The molecule has 0 unspecified atom stereocenters. The topological polar surface area (TPSA) is 32.7 Å². The molecule has 0 aromatic carbocycles. The fraction of sp³-hybridized carbons (Fsp3) is 0.556. The lowest BCUT2D eigenvalue weighted by atomic mass is 10.2. The van der Waals surface area contributed by atoms with E-state index in [9.17, 15) is 4.79 Å². The Hall–Kier alpha value is -1.12. The number of carbonyl (C=O) groups is 1. The Bertz CT molecular complexity index is 199. The van der Waals surface area contributed by atoms with Gasteiger partial charge >= 0.3 is 0 Å². The summed E-state index contributed by atoms with van der Waals surface area (Å²) in [5, 5.41) is 0. The Kier molecular flexibility index (Phi) is 3.51. The van der Waals surface area contributed by atoms with Gasteiger partial charge in [0, 0.05) is 19.2 Å². The monoisotopic (exact) mass is 166 g/mol. The lowest BCUT2D eigenvalue weighted by molar-refractivity contribution is -0.126. The molecular weight excluding hydrogens is 152 g/mol. The fourth-order valence-corrected chi connectivity index (χ4v) is 1.25. The summed E-state index contributed by atoms with van der Waals surface area (Å²) in [6.07, 6.45) is 6.90. The first-order valence-corrected chi connectivity index (χ1v) is 4.28. The van der Waals surface area contributed by atoms with E-state index in [1.54, 1.807) is 11.2 Å². The molecule has 0 radical (unpaired) electrons. The van der Waals surface area contributed by atoms with E-state index in [0.717, 1.165) is 25.8 Å². The normalized spacial score (nSPS) is 19.7. The number of aliphatic imine (C=N–C) groups is 1. The molecule has 1 heterocycles. The third kappa shape index (κ3) is 2.49. The molecule has 0 atom stereocenters. The van der Waals surface area contributed by atoms with Crippen LogP contribution in [0.25, 0.3) is 0 Å². The highest BCUT2D eigenvalue weighted by Gasteiger charge is 2.13. The average Bonchev–Trinajstić information content (AvgIpc) is 2.27. The molecule has 0 saturated carbocycles. The van der Waals surface area contributed by atoms with Crippen LogP contribution >= 0.6 is 0 Å². The van der Waals surface area contributed by atoms with Crippen molar-refractivity contribution in [3.05, 3.63) is 12.8 Å². The van der Waals surface area contributed by atoms with Crippen molar-refractivity contribution in [3.63, 3.8) is 0 Å². The van der Waals surface area contributed by atoms with Crippen molar-refractivity contribution in [2.24, 2.45) is 4.99 Å². The molecule has 0 bridgehead atoms. The number of amides is 1. The molecule has 1 rings (SSSR count). The van der Waals surface area contributed by atoms with Gasteiger partial charge in [-0.15, -0.1) is 0 Å². The highest BCUT2D eigenvalue weighted by Crippen LogP contribution is 2.09. The van der Waals surface area contributed by atoms with Crippen LogP contribution in [0, 0.1) is 0 Å². The minimum absolute atomic E-state index is 0.179. The smallest absolute Gasteiger partial charge is 0.227 e. The van der Waals surface area contributed by atoms with Gasteiger partial charge in [0.05, 0.1) is 6.34 Å². The van der Waals surface area contributed by atoms with Crippen LogP contribution in [0.15, 0.2) is 17.8 Å². The second kappa shape index (κ2) is 4.70. The van der Waals surface area contributed by atoms with Gasteiger partial charge < -0.3 is 4.90 Å². The molecule has 1 amide bonds. The summed E-state index contributed by atoms with van der Waals surface area (Å²) in [5.74, 6) is 0.179. The third-order valence-electron chi connectivity index (χ3n) is 1.92. The molecule has 3 heteroatoms. The van der Waals surface area contributed by atoms with Gasteiger partial charge in [-0.2, -0.15) is 0 Å². The van der Waals surface area contributed by atoms with Crippen molar-refractivity contribution in [2.45, 2.75) is 25.7 Å². The second-order valence-electron chi connectivity index (χ2n) is 2.84. The predicted molar refractivity (Wildman–Crippen MR) is 48.9 cm³/mol. The summed E-state index contributed by atoms with van der Waals surface area (Å²) in [4.78, 5) is 16.8. The first-order chi connectivity index (χ1) is 5.84. The van der Waals surface area contributed by atoms with Crippen LogP contribution in [-0.4, -0.2) is 23.7 Å². The number of hydrogen-bond donors (Lipinski definition) is 0. The first-order valence-electron chi connectivity index (χ1n) is 4.28. The minimum atomic E-state index is 0.179. The van der Waals surface area contributed by atoms with E-state index in [2.05, 4.69) is 11.6 Å². The molecule has 1 aliphatic heterocycles. The van der Waals surface area contributed by atoms with Gasteiger partial charge in [-0.05, 0) is 12.8 Å². The van der Waals surface area contributed by atoms with E-state index in [-0.39, 0.29) is 5.91 Å². The maximum atomic E-state index is 11.3. The highest BCUT2D eigenvalue weighted by molar-refractivity contribution is 5.87. The molecule has 66 valence electrons. The maximum Gasteiger partial charge on any atom is 0.227 e. The number of rotatable bonds is 2. The summed E-state index contributed by atoms with van der Waals surface area (Å²) in [6.45, 7) is 4.26. The summed E-state index contributed by atoms with van der Waals surface area (Å²) < 4.78 is 0. The van der Waals surface area contributed by atoms with Gasteiger partial charge in [-0.25, -0.2) is 4.99 Å². The van der Waals surface area contributed by atoms with Crippen molar-refractivity contribution in [3.8, 4) is 0 Å². The quantitative estimate of drug-likeness (QED) is 0.452. The van der Waals surface area contributed by atoms with Crippen molar-refractivity contribution < 1.29 is 4.79 Å². The summed E-state index contributed by atoms with van der Waals surface area (Å²) >= 11 is 0. The SMILES string of the molecule is C=CN=CN1CCCCCC1=O. The van der Waals surface area contributed by atoms with Crippen LogP contribution in [0.5, 0.6) is 0 Å². The van der Waals surface area contributed by atoms with Crippen molar-refractivity contribution >= 4 is 12.2 Å². The molecule has 1 fully saturated rings. The van der Waals surface area contributed by atoms with Gasteiger partial charge in [-0.1, -0.05) is 13.0 Å². The molecule has 0 spiro atoms. The van der Waals surface area contributed by atoms with Crippen molar-refractivity contribution in [1.82, 2.24) is 4.90 Å². The van der Waals surface area contributed by atoms with E-state index in [0.29, 0.717) is 6.42 Å². The zero-order valence-electron chi connectivity index (χ0n) is 7.20. The number of likely N-dealkylation sites (tertiary alicyclic amines) is 1. The standard InChI is InChI=1S/C9H14N2O/c1-2-10-8-11-7-5-3-4-6-9(11)12/h2,8H,1,3-7H2. The number of carbonyl (C=O) groups excluding carboxylic acids is 1. The van der Waals surface area contributed by atoms with Crippen molar-refractivity contribution in [2.75, 3.05) is 6.54 Å². The minimum Gasteiger partial charge on any atom is -0.303 e. The molecule has 0 aliphatic carbocycles. The molecule has 0 N–H and O–H groups in total. The maximum absolute atomic E-state index is 11.3. The third-order valence-corrected chi connectivity index (χ3v) is 1.92. The Morgan fingerprint density at radius 1 is 1.42 bits per heavy atom. The molecule has 0 aromatic rings. The first kappa shape index (κ1) is 8.97. The van der Waals surface area contributed by atoms with E-state index in [1.807, 2.05) is 0 Å². The Balaban J connectivity index is 2.52. The van der Waals surface area contributed by atoms with Gasteiger partial charge in [0.1, 0.15) is 0 Å². The van der Waals surface area contributed by atoms with Gasteiger partial charge in [-0.3, -0.25) is 4.79 Å². The zero-order chi connectivity index (χ0) is 8.81. The van der Waals surface area contributed by atoms with Gasteiger partial charge in [0.15, 0.2) is 0 Å².